The zero-order valence-corrected chi connectivity index (χ0v) is 22.7. The second kappa shape index (κ2) is 10.7. The van der Waals surface area contributed by atoms with Crippen molar-refractivity contribution in [2.24, 2.45) is 0 Å². The minimum Gasteiger partial charge on any atom is -0.377 e. The summed E-state index contributed by atoms with van der Waals surface area (Å²) in [6.07, 6.45) is 5.76. The molecular weight excluding hydrogens is 518 g/mol. The van der Waals surface area contributed by atoms with Crippen LogP contribution in [-0.4, -0.2) is 76.8 Å². The van der Waals surface area contributed by atoms with E-state index in [4.69, 9.17) is 21.3 Å². The molecule has 204 valence electrons. The van der Waals surface area contributed by atoms with E-state index in [0.29, 0.717) is 23.8 Å². The average molecular weight is 550 g/mol. The van der Waals surface area contributed by atoms with E-state index >= 15 is 0 Å². The second-order valence-electron chi connectivity index (χ2n) is 10.6. The number of carbonyl (C=O) groups excluding carboxylic acids is 3. The number of hydrogen-bond acceptors (Lipinski definition) is 6. The molecular formula is C29H32ClN5O4. The lowest BCUT2D eigenvalue weighted by atomic mass is 10.0. The summed E-state index contributed by atoms with van der Waals surface area (Å²) < 4.78 is 7.65. The van der Waals surface area contributed by atoms with Gasteiger partial charge in [0.1, 0.15) is 18.0 Å². The molecule has 1 unspecified atom stereocenters. The van der Waals surface area contributed by atoms with E-state index < -0.39 is 6.04 Å². The molecule has 1 atom stereocenters. The molecule has 39 heavy (non-hydrogen) atoms. The molecule has 1 N–H and O–H groups in total. The van der Waals surface area contributed by atoms with E-state index in [1.165, 1.54) is 30.4 Å². The highest BCUT2D eigenvalue weighted by molar-refractivity contribution is 6.33. The van der Waals surface area contributed by atoms with Gasteiger partial charge in [0.25, 0.3) is 5.91 Å². The number of hydrogen-bond donors (Lipinski definition) is 1. The van der Waals surface area contributed by atoms with Crippen LogP contribution in [0.5, 0.6) is 0 Å². The van der Waals surface area contributed by atoms with Crippen molar-refractivity contribution in [1.29, 1.82) is 0 Å². The maximum absolute atomic E-state index is 13.3. The molecule has 0 radical (unpaired) electrons. The summed E-state index contributed by atoms with van der Waals surface area (Å²) in [5.74, 6) is -0.543. The Bertz CT molecular complexity index is 1440. The molecule has 2 fully saturated rings. The number of carbonyl (C=O) groups is 3. The third-order valence-corrected chi connectivity index (χ3v) is 8.47. The van der Waals surface area contributed by atoms with Crippen LogP contribution in [0.25, 0.3) is 22.3 Å². The molecule has 2 amide bonds. The summed E-state index contributed by atoms with van der Waals surface area (Å²) in [5, 5.41) is 4.20. The Labute approximate surface area is 232 Å². The van der Waals surface area contributed by atoms with E-state index in [1.54, 1.807) is 6.07 Å². The highest BCUT2D eigenvalue weighted by Crippen LogP contribution is 2.37. The van der Waals surface area contributed by atoms with Crippen LogP contribution in [0.3, 0.4) is 0 Å². The molecule has 2 aromatic heterocycles. The molecule has 5 heterocycles. The molecule has 3 aliphatic rings. The Morgan fingerprint density at radius 3 is 2.72 bits per heavy atom. The summed E-state index contributed by atoms with van der Waals surface area (Å²) >= 11 is 6.82. The van der Waals surface area contributed by atoms with Gasteiger partial charge in [0, 0.05) is 49.3 Å². The molecule has 9 nitrogen and oxygen atoms in total. The first kappa shape index (κ1) is 26.0. The number of ether oxygens (including phenoxy) is 1. The molecule has 2 saturated heterocycles. The monoisotopic (exact) mass is 549 g/mol. The largest absolute Gasteiger partial charge is 0.377 e. The van der Waals surface area contributed by atoms with Crippen LogP contribution in [0.15, 0.2) is 30.5 Å². The molecule has 1 aromatic carbocycles. The molecule has 0 aliphatic carbocycles. The van der Waals surface area contributed by atoms with Gasteiger partial charge in [-0.15, -0.1) is 0 Å². The topological polar surface area (TPSA) is 96.8 Å². The molecule has 3 aliphatic heterocycles. The zero-order chi connectivity index (χ0) is 27.1. The number of nitrogens with one attached hydrogen (secondary N) is 1. The molecule has 3 aromatic rings. The van der Waals surface area contributed by atoms with Gasteiger partial charge in [0.05, 0.1) is 30.0 Å². The number of aldehydes is 1. The Morgan fingerprint density at radius 1 is 1.23 bits per heavy atom. The summed E-state index contributed by atoms with van der Waals surface area (Å²) in [6.45, 7) is 4.63. The quantitative estimate of drug-likeness (QED) is 0.410. The minimum atomic E-state index is -0.725. The average Bonchev–Trinajstić information content (AvgIpc) is 3.64. The van der Waals surface area contributed by atoms with Crippen molar-refractivity contribution in [1.82, 2.24) is 24.7 Å². The van der Waals surface area contributed by atoms with E-state index in [1.807, 2.05) is 6.07 Å². The van der Waals surface area contributed by atoms with Gasteiger partial charge in [0.15, 0.2) is 0 Å². The SMILES string of the molecule is CNC(=O)C(CCC=O)N1Cc2cc(-c3cc(CN4CCCC4)c4ccn(C5COC5)c4n3)c(Cl)cc2C1=O. The van der Waals surface area contributed by atoms with Crippen molar-refractivity contribution in [3.63, 3.8) is 0 Å². The highest BCUT2D eigenvalue weighted by atomic mass is 35.5. The molecule has 0 spiro atoms. The lowest BCUT2D eigenvalue weighted by molar-refractivity contribution is -0.125. The lowest BCUT2D eigenvalue weighted by Gasteiger charge is -2.28. The van der Waals surface area contributed by atoms with Gasteiger partial charge in [-0.1, -0.05) is 11.6 Å². The Hall–Kier alpha value is -3.27. The van der Waals surface area contributed by atoms with Crippen LogP contribution in [0.4, 0.5) is 0 Å². The number of pyridine rings is 1. The zero-order valence-electron chi connectivity index (χ0n) is 22.0. The number of aromatic nitrogens is 2. The summed E-state index contributed by atoms with van der Waals surface area (Å²) in [5.41, 5.74) is 4.93. The van der Waals surface area contributed by atoms with Gasteiger partial charge in [-0.3, -0.25) is 14.5 Å². The normalized spacial score (nSPS) is 18.4. The van der Waals surface area contributed by atoms with Crippen LogP contribution in [0.1, 0.15) is 53.2 Å². The molecule has 0 saturated carbocycles. The van der Waals surface area contributed by atoms with Crippen LogP contribution >= 0.6 is 11.6 Å². The van der Waals surface area contributed by atoms with Crippen molar-refractivity contribution < 1.29 is 19.1 Å². The number of amides is 2. The van der Waals surface area contributed by atoms with E-state index in [-0.39, 0.29) is 37.2 Å². The van der Waals surface area contributed by atoms with E-state index in [0.717, 1.165) is 53.8 Å². The second-order valence-corrected chi connectivity index (χ2v) is 11.0. The summed E-state index contributed by atoms with van der Waals surface area (Å²) in [6, 6.07) is 7.44. The predicted molar refractivity (Wildman–Crippen MR) is 148 cm³/mol. The Balaban J connectivity index is 1.40. The number of fused-ring (bicyclic) bond motifs is 2. The van der Waals surface area contributed by atoms with Crippen molar-refractivity contribution in [3.05, 3.63) is 52.2 Å². The predicted octanol–water partition coefficient (Wildman–Crippen LogP) is 3.57. The van der Waals surface area contributed by atoms with Crippen LogP contribution < -0.4 is 5.32 Å². The van der Waals surface area contributed by atoms with E-state index in [2.05, 4.69) is 33.1 Å². The molecule has 6 rings (SSSR count). The first-order chi connectivity index (χ1) is 19.0. The third-order valence-electron chi connectivity index (χ3n) is 8.16. The maximum Gasteiger partial charge on any atom is 0.255 e. The van der Waals surface area contributed by atoms with Crippen molar-refractivity contribution in [2.75, 3.05) is 33.4 Å². The van der Waals surface area contributed by atoms with Gasteiger partial charge in [0.2, 0.25) is 5.91 Å². The number of halogens is 1. The first-order valence-electron chi connectivity index (χ1n) is 13.6. The summed E-state index contributed by atoms with van der Waals surface area (Å²) in [4.78, 5) is 46.0. The third kappa shape index (κ3) is 4.73. The van der Waals surface area contributed by atoms with Crippen molar-refractivity contribution in [3.8, 4) is 11.3 Å². The van der Waals surface area contributed by atoms with Crippen molar-refractivity contribution >= 4 is 40.7 Å². The van der Waals surface area contributed by atoms with Gasteiger partial charge in [-0.05, 0) is 67.7 Å². The van der Waals surface area contributed by atoms with Crippen LogP contribution in [-0.2, 0) is 27.4 Å². The fourth-order valence-corrected chi connectivity index (χ4v) is 6.21. The Kier molecular flexibility index (Phi) is 7.14. The number of likely N-dealkylation sites (N-methyl/N-ethyl adjacent to an activating group) is 1. The molecule has 0 bridgehead atoms. The van der Waals surface area contributed by atoms with Gasteiger partial charge >= 0.3 is 0 Å². The fourth-order valence-electron chi connectivity index (χ4n) is 5.95. The summed E-state index contributed by atoms with van der Waals surface area (Å²) in [7, 11) is 1.53. The van der Waals surface area contributed by atoms with E-state index in [9.17, 15) is 14.4 Å². The fraction of sp³-hybridized carbons (Fsp3) is 0.448. The lowest BCUT2D eigenvalue weighted by Crippen LogP contribution is -2.46. The first-order valence-corrected chi connectivity index (χ1v) is 14.0. The van der Waals surface area contributed by atoms with Crippen LogP contribution in [0.2, 0.25) is 5.02 Å². The number of rotatable bonds is 9. The standard InChI is InChI=1S/C29H32ClN5O4/c1-31-28(37)26(5-4-10-36)35-15-18-11-23(24(30)13-22(18)29(35)38)25-12-19(14-33-7-2-3-8-33)21-6-9-34(27(21)32-25)20-16-39-17-20/h6,9-13,20,26H,2-5,7-8,14-17H2,1H3,(H,31,37). The van der Waals surface area contributed by atoms with Gasteiger partial charge < -0.3 is 24.3 Å². The number of benzene rings is 1. The number of nitrogens with zero attached hydrogens (tertiary/aromatic N) is 4. The van der Waals surface area contributed by atoms with Gasteiger partial charge in [-0.25, -0.2) is 4.98 Å². The Morgan fingerprint density at radius 2 is 2.03 bits per heavy atom. The molecule has 10 heteroatoms. The smallest absolute Gasteiger partial charge is 0.255 e. The van der Waals surface area contributed by atoms with Gasteiger partial charge in [-0.2, -0.15) is 0 Å². The number of likely N-dealkylation sites (tertiary alicyclic amines) is 1. The highest BCUT2D eigenvalue weighted by Gasteiger charge is 2.36. The van der Waals surface area contributed by atoms with Crippen molar-refractivity contribution in [2.45, 2.75) is 50.9 Å². The minimum absolute atomic E-state index is 0.194. The van der Waals surface area contributed by atoms with Crippen LogP contribution in [0, 0.1) is 0 Å². The maximum atomic E-state index is 13.3.